The van der Waals surface area contributed by atoms with Crippen molar-refractivity contribution in [2.45, 2.75) is 51.8 Å². The Morgan fingerprint density at radius 2 is 1.82 bits per heavy atom. The number of nitrogens with zero attached hydrogens (tertiary/aromatic N) is 1. The van der Waals surface area contributed by atoms with Crippen molar-refractivity contribution in [1.29, 1.82) is 0 Å². The number of benzene rings is 1. The molecule has 1 aliphatic carbocycles. The maximum atomic E-state index is 12.9. The summed E-state index contributed by atoms with van der Waals surface area (Å²) in [6, 6.07) is 7.26. The molecule has 2 bridgehead atoms. The predicted octanol–water partition coefficient (Wildman–Crippen LogP) is 4.07. The Bertz CT molecular complexity index is 668. The van der Waals surface area contributed by atoms with E-state index in [-0.39, 0.29) is 22.6 Å². The zero-order valence-corrected chi connectivity index (χ0v) is 15.0. The molecule has 1 aromatic rings. The van der Waals surface area contributed by atoms with Gasteiger partial charge >= 0.3 is 0 Å². The minimum absolute atomic E-state index is 0.0666. The van der Waals surface area contributed by atoms with Gasteiger partial charge in [-0.15, -0.1) is 0 Å². The zero-order valence-electron chi connectivity index (χ0n) is 13.5. The Morgan fingerprint density at radius 3 is 2.45 bits per heavy atom. The smallest absolute Gasteiger partial charge is 0.212 e. The van der Waals surface area contributed by atoms with Gasteiger partial charge in [-0.3, -0.25) is 0 Å². The van der Waals surface area contributed by atoms with Gasteiger partial charge in [0.05, 0.1) is 5.75 Å². The van der Waals surface area contributed by atoms with Crippen molar-refractivity contribution in [3.8, 4) is 0 Å². The topological polar surface area (TPSA) is 37.4 Å². The number of hydrogen-bond donors (Lipinski definition) is 0. The van der Waals surface area contributed by atoms with Gasteiger partial charge in [-0.25, -0.2) is 8.42 Å². The summed E-state index contributed by atoms with van der Waals surface area (Å²) in [5, 5.41) is 0.632. The second-order valence-electron chi connectivity index (χ2n) is 8.14. The van der Waals surface area contributed by atoms with Gasteiger partial charge in [0.1, 0.15) is 0 Å². The summed E-state index contributed by atoms with van der Waals surface area (Å²) in [4.78, 5) is 0. The monoisotopic (exact) mass is 341 g/mol. The number of fused-ring (bicyclic) bond motifs is 2. The average molecular weight is 342 g/mol. The van der Waals surface area contributed by atoms with Crippen LogP contribution in [0.15, 0.2) is 24.3 Å². The SMILES string of the molecule is CC1(C)CC2CC(C)(CN2S(=O)(=O)Cc2ccc(Cl)cc2)C1. The quantitative estimate of drug-likeness (QED) is 0.831. The molecule has 0 amide bonds. The molecule has 1 saturated carbocycles. The first-order valence-electron chi connectivity index (χ1n) is 7.83. The van der Waals surface area contributed by atoms with Crippen molar-refractivity contribution in [3.05, 3.63) is 34.9 Å². The highest BCUT2D eigenvalue weighted by Crippen LogP contribution is 2.53. The Kier molecular flexibility index (Phi) is 3.86. The molecule has 0 spiro atoms. The zero-order chi connectivity index (χ0) is 16.2. The second-order valence-corrected chi connectivity index (χ2v) is 10.5. The standard InChI is InChI=1S/C17H24ClNO2S/c1-16(2)8-15-9-17(3,11-16)12-19(15)22(20,21)10-13-4-6-14(18)7-5-13/h4-7,15H,8-12H2,1-3H3. The summed E-state index contributed by atoms with van der Waals surface area (Å²) in [7, 11) is -3.28. The van der Waals surface area contributed by atoms with E-state index < -0.39 is 10.0 Å². The fourth-order valence-corrected chi connectivity index (χ4v) is 6.62. The minimum Gasteiger partial charge on any atom is -0.212 e. The molecule has 3 nitrogen and oxygen atoms in total. The fraction of sp³-hybridized carbons (Fsp3) is 0.647. The van der Waals surface area contributed by atoms with Gasteiger partial charge in [0.25, 0.3) is 0 Å². The lowest BCUT2D eigenvalue weighted by atomic mass is 9.65. The van der Waals surface area contributed by atoms with Crippen LogP contribution < -0.4 is 0 Å². The average Bonchev–Trinajstić information content (AvgIpc) is 2.62. The van der Waals surface area contributed by atoms with Gasteiger partial charge in [0.2, 0.25) is 10.0 Å². The van der Waals surface area contributed by atoms with Crippen molar-refractivity contribution in [1.82, 2.24) is 4.31 Å². The summed E-state index contributed by atoms with van der Waals surface area (Å²) in [5.41, 5.74) is 1.15. The van der Waals surface area contributed by atoms with Crippen molar-refractivity contribution < 1.29 is 8.42 Å². The van der Waals surface area contributed by atoms with E-state index >= 15 is 0 Å². The third-order valence-electron chi connectivity index (χ3n) is 4.99. The third-order valence-corrected chi connectivity index (χ3v) is 7.08. The molecule has 1 heterocycles. The Hall–Kier alpha value is -0.580. The van der Waals surface area contributed by atoms with Gasteiger partial charge < -0.3 is 0 Å². The normalized spacial score (nSPS) is 31.4. The van der Waals surface area contributed by atoms with Crippen LogP contribution in [0.5, 0.6) is 0 Å². The van der Waals surface area contributed by atoms with E-state index in [2.05, 4.69) is 20.8 Å². The molecule has 1 aliphatic heterocycles. The van der Waals surface area contributed by atoms with Crippen molar-refractivity contribution in [2.24, 2.45) is 10.8 Å². The summed E-state index contributed by atoms with van der Waals surface area (Å²) in [5.74, 6) is 0.0666. The summed E-state index contributed by atoms with van der Waals surface area (Å²) >= 11 is 5.87. The molecular weight excluding hydrogens is 318 g/mol. The minimum atomic E-state index is -3.28. The lowest BCUT2D eigenvalue weighted by molar-refractivity contribution is 0.133. The number of halogens is 1. The van der Waals surface area contributed by atoms with E-state index in [0.29, 0.717) is 11.6 Å². The van der Waals surface area contributed by atoms with E-state index in [1.807, 2.05) is 0 Å². The first-order chi connectivity index (χ1) is 10.1. The van der Waals surface area contributed by atoms with Crippen molar-refractivity contribution in [2.75, 3.05) is 6.54 Å². The number of sulfonamides is 1. The van der Waals surface area contributed by atoms with Crippen LogP contribution in [0, 0.1) is 10.8 Å². The molecule has 2 aliphatic rings. The molecule has 3 rings (SSSR count). The van der Waals surface area contributed by atoms with Crippen LogP contribution in [0.2, 0.25) is 5.02 Å². The van der Waals surface area contributed by atoms with Gasteiger partial charge in [0.15, 0.2) is 0 Å². The van der Waals surface area contributed by atoms with E-state index in [1.54, 1.807) is 28.6 Å². The highest BCUT2D eigenvalue weighted by molar-refractivity contribution is 7.88. The van der Waals surface area contributed by atoms with Gasteiger partial charge in [-0.1, -0.05) is 44.5 Å². The van der Waals surface area contributed by atoms with Crippen molar-refractivity contribution >= 4 is 21.6 Å². The first kappa shape index (κ1) is 16.3. The lowest BCUT2D eigenvalue weighted by Crippen LogP contribution is -2.38. The maximum Gasteiger partial charge on any atom is 0.218 e. The van der Waals surface area contributed by atoms with Crippen LogP contribution in [0.25, 0.3) is 0 Å². The molecule has 122 valence electrons. The first-order valence-corrected chi connectivity index (χ1v) is 9.81. The molecule has 2 unspecified atom stereocenters. The van der Waals surface area contributed by atoms with Gasteiger partial charge in [0, 0.05) is 17.6 Å². The number of hydrogen-bond acceptors (Lipinski definition) is 2. The molecule has 0 aromatic heterocycles. The molecule has 22 heavy (non-hydrogen) atoms. The molecule has 2 fully saturated rings. The highest BCUT2D eigenvalue weighted by atomic mass is 35.5. The van der Waals surface area contributed by atoms with Crippen LogP contribution in [0.4, 0.5) is 0 Å². The van der Waals surface area contributed by atoms with E-state index in [9.17, 15) is 8.42 Å². The third kappa shape index (κ3) is 3.19. The van der Waals surface area contributed by atoms with Crippen LogP contribution in [-0.2, 0) is 15.8 Å². The summed E-state index contributed by atoms with van der Waals surface area (Å²) < 4.78 is 27.5. The largest absolute Gasteiger partial charge is 0.218 e. The molecule has 0 N–H and O–H groups in total. The van der Waals surface area contributed by atoms with Crippen LogP contribution in [0.1, 0.15) is 45.6 Å². The fourth-order valence-electron chi connectivity index (χ4n) is 4.61. The van der Waals surface area contributed by atoms with Crippen LogP contribution >= 0.6 is 11.6 Å². The summed E-state index contributed by atoms with van der Waals surface area (Å²) in [6.45, 7) is 7.41. The van der Waals surface area contributed by atoms with Crippen molar-refractivity contribution in [3.63, 3.8) is 0 Å². The van der Waals surface area contributed by atoms with Gasteiger partial charge in [-0.05, 0) is 47.8 Å². The Labute approximate surface area is 138 Å². The Balaban J connectivity index is 1.83. The van der Waals surface area contributed by atoms with Crippen LogP contribution in [0.3, 0.4) is 0 Å². The molecule has 5 heteroatoms. The molecular formula is C17H24ClNO2S. The highest BCUT2D eigenvalue weighted by Gasteiger charge is 2.52. The van der Waals surface area contributed by atoms with Crippen LogP contribution in [-0.4, -0.2) is 25.3 Å². The van der Waals surface area contributed by atoms with E-state index in [1.165, 1.54) is 0 Å². The molecule has 1 saturated heterocycles. The molecule has 1 aromatic carbocycles. The lowest BCUT2D eigenvalue weighted by Gasteiger charge is -2.39. The van der Waals surface area contributed by atoms with E-state index in [4.69, 9.17) is 11.6 Å². The molecule has 2 atom stereocenters. The van der Waals surface area contributed by atoms with E-state index in [0.717, 1.165) is 24.8 Å². The van der Waals surface area contributed by atoms with Gasteiger partial charge in [-0.2, -0.15) is 4.31 Å². The Morgan fingerprint density at radius 1 is 1.18 bits per heavy atom. The summed E-state index contributed by atoms with van der Waals surface area (Å²) in [6.07, 6.45) is 3.06. The second kappa shape index (κ2) is 5.22. The predicted molar refractivity (Wildman–Crippen MR) is 90.3 cm³/mol. The molecule has 0 radical (unpaired) electrons. The number of rotatable bonds is 3. The maximum absolute atomic E-state index is 12.9.